The van der Waals surface area contributed by atoms with Crippen molar-refractivity contribution in [2.45, 2.75) is 78.0 Å². The van der Waals surface area contributed by atoms with Crippen LogP contribution in [-0.2, 0) is 4.74 Å². The number of aliphatic hydroxyl groups is 1. The molecule has 2 atom stereocenters. The van der Waals surface area contributed by atoms with Gasteiger partial charge in [0.15, 0.2) is 11.4 Å². The summed E-state index contributed by atoms with van der Waals surface area (Å²) in [7, 11) is 1.55. The highest BCUT2D eigenvalue weighted by Gasteiger charge is 2.28. The van der Waals surface area contributed by atoms with Crippen LogP contribution in [0.5, 0.6) is 0 Å². The van der Waals surface area contributed by atoms with Crippen molar-refractivity contribution in [3.05, 3.63) is 46.5 Å². The molecule has 1 unspecified atom stereocenters. The Balaban J connectivity index is 1.77. The lowest BCUT2D eigenvalue weighted by Gasteiger charge is -2.25. The highest BCUT2D eigenvalue weighted by molar-refractivity contribution is 6.02. The van der Waals surface area contributed by atoms with Crippen molar-refractivity contribution in [1.82, 2.24) is 19.2 Å². The summed E-state index contributed by atoms with van der Waals surface area (Å²) >= 11 is 0. The molecule has 0 radical (unpaired) electrons. The number of aliphatic hydroxyl groups excluding tert-OH is 1. The summed E-state index contributed by atoms with van der Waals surface area (Å²) in [6.45, 7) is 9.14. The van der Waals surface area contributed by atoms with Crippen LogP contribution in [0.4, 0.5) is 22.1 Å². The second-order valence-corrected chi connectivity index (χ2v) is 11.1. The normalized spacial score (nSPS) is 17.7. The maximum Gasteiger partial charge on any atom is 0.415 e. The second-order valence-electron chi connectivity index (χ2n) is 11.1. The number of aromatic nitrogens is 4. The average molecular weight is 525 g/mol. The van der Waals surface area contributed by atoms with Gasteiger partial charge in [-0.2, -0.15) is 9.61 Å². The van der Waals surface area contributed by atoms with Crippen LogP contribution in [-0.4, -0.2) is 54.9 Å². The molecule has 11 heteroatoms. The van der Waals surface area contributed by atoms with Crippen molar-refractivity contribution < 1.29 is 19.4 Å². The van der Waals surface area contributed by atoms with E-state index in [0.29, 0.717) is 29.9 Å². The van der Waals surface area contributed by atoms with Crippen LogP contribution < -0.4 is 15.8 Å². The van der Waals surface area contributed by atoms with Crippen molar-refractivity contribution in [2.75, 3.05) is 17.3 Å². The number of amides is 1. The summed E-state index contributed by atoms with van der Waals surface area (Å²) in [5.41, 5.74) is -0.0839. The summed E-state index contributed by atoms with van der Waals surface area (Å²) in [6, 6.07) is 4.96. The van der Waals surface area contributed by atoms with Crippen LogP contribution >= 0.6 is 0 Å². The molecule has 3 aromatic rings. The van der Waals surface area contributed by atoms with Crippen LogP contribution in [0.3, 0.4) is 0 Å². The van der Waals surface area contributed by atoms with Crippen LogP contribution in [0.2, 0.25) is 0 Å². The fraction of sp³-hybridized carbons (Fsp3) is 0.519. The van der Waals surface area contributed by atoms with E-state index in [2.05, 4.69) is 15.4 Å². The number of fused-ring (bicyclic) bond motifs is 1. The van der Waals surface area contributed by atoms with Gasteiger partial charge in [-0.05, 0) is 71.9 Å². The van der Waals surface area contributed by atoms with E-state index in [-0.39, 0.29) is 47.3 Å². The zero-order valence-corrected chi connectivity index (χ0v) is 22.8. The molecule has 38 heavy (non-hydrogen) atoms. The SMILES string of the molecule is CC(C)n1cccc(Nc2cc(N(C)C(=O)OC(C)(C)C)n3ncc(C(=O)CC4CC[C@H](O)C4)c3n2)c1=O. The smallest absolute Gasteiger partial charge is 0.415 e. The quantitative estimate of drug-likeness (QED) is 0.437. The monoisotopic (exact) mass is 524 g/mol. The third-order valence-corrected chi connectivity index (χ3v) is 6.55. The Bertz CT molecular complexity index is 1400. The first-order valence-corrected chi connectivity index (χ1v) is 12.9. The van der Waals surface area contributed by atoms with E-state index in [1.165, 1.54) is 15.6 Å². The maximum absolute atomic E-state index is 13.3. The summed E-state index contributed by atoms with van der Waals surface area (Å²) < 4.78 is 8.55. The fourth-order valence-corrected chi connectivity index (χ4v) is 4.63. The number of ether oxygens (including phenoxy) is 1. The minimum absolute atomic E-state index is 0.0401. The number of Topliss-reactive ketones (excluding diaryl/α,β-unsaturated/α-hetero) is 1. The molecule has 0 bridgehead atoms. The summed E-state index contributed by atoms with van der Waals surface area (Å²) in [6.07, 6.45) is 4.51. The highest BCUT2D eigenvalue weighted by atomic mass is 16.6. The predicted octanol–water partition coefficient (Wildman–Crippen LogP) is 4.32. The van der Waals surface area contributed by atoms with E-state index in [1.807, 2.05) is 13.8 Å². The zero-order valence-electron chi connectivity index (χ0n) is 22.8. The molecule has 1 saturated carbocycles. The fourth-order valence-electron chi connectivity index (χ4n) is 4.63. The standard InChI is InChI=1S/C27H36N6O5/c1-16(2)32-11-7-8-20(25(32)36)29-22-14-23(31(6)26(37)38-27(3,4)5)33-24(30-22)19(15-28-33)21(35)13-17-9-10-18(34)12-17/h7-8,11,14-18,34H,9-10,12-13H2,1-6H3,(H,29,30)/t17?,18-/m0/s1. The second kappa shape index (κ2) is 10.6. The van der Waals surface area contributed by atoms with E-state index >= 15 is 0 Å². The van der Waals surface area contributed by atoms with Gasteiger partial charge in [-0.1, -0.05) is 0 Å². The lowest BCUT2D eigenvalue weighted by molar-refractivity contribution is 0.0587. The molecule has 1 aliphatic rings. The first-order valence-electron chi connectivity index (χ1n) is 12.9. The molecule has 1 aliphatic carbocycles. The van der Waals surface area contributed by atoms with Gasteiger partial charge in [0.25, 0.3) is 5.56 Å². The van der Waals surface area contributed by atoms with E-state index in [0.717, 1.165) is 6.42 Å². The molecule has 0 aromatic carbocycles. The summed E-state index contributed by atoms with van der Waals surface area (Å²) in [5, 5.41) is 17.3. The first-order chi connectivity index (χ1) is 17.8. The van der Waals surface area contributed by atoms with Crippen molar-refractivity contribution >= 4 is 34.8 Å². The third-order valence-electron chi connectivity index (χ3n) is 6.55. The van der Waals surface area contributed by atoms with Gasteiger partial charge in [-0.3, -0.25) is 14.5 Å². The first kappa shape index (κ1) is 27.3. The molecular formula is C27H36N6O5. The Morgan fingerprint density at radius 1 is 1.29 bits per heavy atom. The van der Waals surface area contributed by atoms with Gasteiger partial charge in [0.2, 0.25) is 0 Å². The van der Waals surface area contributed by atoms with Gasteiger partial charge in [-0.25, -0.2) is 9.78 Å². The third kappa shape index (κ3) is 5.88. The Morgan fingerprint density at radius 2 is 2.03 bits per heavy atom. The largest absolute Gasteiger partial charge is 0.443 e. The molecule has 0 aliphatic heterocycles. The number of anilines is 3. The molecule has 1 fully saturated rings. The van der Waals surface area contributed by atoms with Crippen molar-refractivity contribution in [1.29, 1.82) is 0 Å². The molecule has 204 valence electrons. The van der Waals surface area contributed by atoms with Gasteiger partial charge in [-0.15, -0.1) is 0 Å². The molecule has 11 nitrogen and oxygen atoms in total. The molecule has 1 amide bonds. The van der Waals surface area contributed by atoms with Gasteiger partial charge in [0, 0.05) is 31.8 Å². The molecular weight excluding hydrogens is 488 g/mol. The number of pyridine rings is 1. The van der Waals surface area contributed by atoms with Crippen molar-refractivity contribution in [2.24, 2.45) is 5.92 Å². The Hall–Kier alpha value is -3.73. The number of hydrogen-bond acceptors (Lipinski definition) is 8. The van der Waals surface area contributed by atoms with E-state index < -0.39 is 11.7 Å². The summed E-state index contributed by atoms with van der Waals surface area (Å²) in [5.74, 6) is 0.530. The minimum Gasteiger partial charge on any atom is -0.443 e. The van der Waals surface area contributed by atoms with Crippen LogP contribution in [0.1, 0.15) is 76.7 Å². The minimum atomic E-state index is -0.721. The number of nitrogens with zero attached hydrogens (tertiary/aromatic N) is 5. The average Bonchev–Trinajstić information content (AvgIpc) is 3.44. The molecule has 0 saturated heterocycles. The number of ketones is 1. The molecule has 3 aromatic heterocycles. The van der Waals surface area contributed by atoms with Gasteiger partial charge in [0.1, 0.15) is 22.9 Å². The zero-order chi connectivity index (χ0) is 27.8. The van der Waals surface area contributed by atoms with Crippen molar-refractivity contribution in [3.63, 3.8) is 0 Å². The number of hydrogen-bond donors (Lipinski definition) is 2. The predicted molar refractivity (Wildman–Crippen MR) is 144 cm³/mol. The lowest BCUT2D eigenvalue weighted by Crippen LogP contribution is -2.35. The number of carbonyl (C=O) groups is 2. The van der Waals surface area contributed by atoms with Crippen LogP contribution in [0, 0.1) is 5.92 Å². The van der Waals surface area contributed by atoms with E-state index in [4.69, 9.17) is 4.74 Å². The number of nitrogens with one attached hydrogen (secondary N) is 1. The number of rotatable bonds is 7. The Kier molecular flexibility index (Phi) is 7.59. The molecule has 3 heterocycles. The molecule has 4 rings (SSSR count). The van der Waals surface area contributed by atoms with Crippen LogP contribution in [0.15, 0.2) is 35.4 Å². The van der Waals surface area contributed by atoms with Crippen LogP contribution in [0.25, 0.3) is 5.65 Å². The number of carbonyl (C=O) groups excluding carboxylic acids is 2. The molecule has 2 N–H and O–H groups in total. The van der Waals surface area contributed by atoms with Gasteiger partial charge < -0.3 is 19.7 Å². The molecule has 0 spiro atoms. The maximum atomic E-state index is 13.3. The van der Waals surface area contributed by atoms with E-state index in [9.17, 15) is 19.5 Å². The van der Waals surface area contributed by atoms with Gasteiger partial charge in [0.05, 0.1) is 17.9 Å². The van der Waals surface area contributed by atoms with Gasteiger partial charge >= 0.3 is 6.09 Å². The lowest BCUT2D eigenvalue weighted by atomic mass is 9.98. The summed E-state index contributed by atoms with van der Waals surface area (Å²) in [4.78, 5) is 45.1. The Labute approximate surface area is 221 Å². The van der Waals surface area contributed by atoms with Crippen molar-refractivity contribution in [3.8, 4) is 0 Å². The highest BCUT2D eigenvalue weighted by Crippen LogP contribution is 2.31. The Morgan fingerprint density at radius 3 is 2.66 bits per heavy atom. The topological polar surface area (TPSA) is 131 Å². The van der Waals surface area contributed by atoms with E-state index in [1.54, 1.807) is 56.8 Å².